The maximum absolute atomic E-state index is 13.2. The molecule has 18 heteroatoms. The first-order chi connectivity index (χ1) is 26.1. The number of hydrogen-bond acceptors (Lipinski definition) is 12. The summed E-state index contributed by atoms with van der Waals surface area (Å²) in [7, 11) is -0.730. The van der Waals surface area contributed by atoms with E-state index in [1.807, 2.05) is 24.3 Å². The summed E-state index contributed by atoms with van der Waals surface area (Å²) in [6, 6.07) is 10.1. The summed E-state index contributed by atoms with van der Waals surface area (Å²) in [5.74, 6) is -5.48. The standard InChI is InChI=1S/C38H58BN7O10/c1-9-10-11-27-12-14-28(15-13-27)29-16-18-30(19-17-29)36(52)42-22(2)34(50)41-21-32(49)45(8)33(25(5)48)37(53)43-23(3)35(51)44-31(24(4)47)20-38(7,40)46(56)26(6)39(54)55/h12-19,22-23,25-26,31,33,48,54-56H,9-11,20-21,40H2,1-8H3,(H,41,50)(H,42,52)(H,43,53)(H,44,51)/t22-,23+,25?,26+,31+,33+,38?/m1/s1. The third kappa shape index (κ3) is 13.8. The van der Waals surface area contributed by atoms with E-state index in [1.54, 1.807) is 12.1 Å². The Balaban J connectivity index is 1.95. The minimum absolute atomic E-state index is 0.331. The maximum Gasteiger partial charge on any atom is 0.472 e. The van der Waals surface area contributed by atoms with Crippen LogP contribution in [0.5, 0.6) is 0 Å². The molecule has 2 aromatic carbocycles. The Kier molecular flexibility index (Phi) is 18.3. The molecular weight excluding hydrogens is 725 g/mol. The summed E-state index contributed by atoms with van der Waals surface area (Å²) in [6.45, 7) is 9.32. The van der Waals surface area contributed by atoms with E-state index >= 15 is 0 Å². The van der Waals surface area contributed by atoms with Crippen LogP contribution in [0, 0.1) is 0 Å². The molecule has 7 atom stereocenters. The smallest absolute Gasteiger partial charge is 0.426 e. The molecule has 2 aromatic rings. The SMILES string of the molecule is CCCCc1ccc(-c2ccc(C(=O)N[C@H](C)C(=O)NCC(=O)N(C)[C@H](C(=O)N[C@@H](C)C(=O)N[C@@H](CC(C)(N)N(O)[C@@H](C)B(O)O)C(C)=O)C(C)O)cc2)cc1. The van der Waals surface area contributed by atoms with Gasteiger partial charge in [-0.1, -0.05) is 49.7 Å². The number of amides is 5. The van der Waals surface area contributed by atoms with E-state index in [2.05, 4.69) is 40.3 Å². The van der Waals surface area contributed by atoms with Crippen molar-refractivity contribution in [1.82, 2.24) is 31.2 Å². The fourth-order valence-electron chi connectivity index (χ4n) is 5.77. The molecule has 56 heavy (non-hydrogen) atoms. The summed E-state index contributed by atoms with van der Waals surface area (Å²) >= 11 is 0. The first-order valence-corrected chi connectivity index (χ1v) is 18.6. The minimum atomic E-state index is -1.96. The van der Waals surface area contributed by atoms with Gasteiger partial charge in [0.15, 0.2) is 5.78 Å². The number of nitrogens with two attached hydrogens (primary N) is 1. The van der Waals surface area contributed by atoms with Crippen LogP contribution in [-0.4, -0.2) is 128 Å². The summed E-state index contributed by atoms with van der Waals surface area (Å²) in [5, 5.41) is 49.9. The van der Waals surface area contributed by atoms with Crippen molar-refractivity contribution in [3.8, 4) is 11.1 Å². The van der Waals surface area contributed by atoms with E-state index in [-0.39, 0.29) is 6.42 Å². The number of nitrogens with one attached hydrogen (secondary N) is 4. The number of rotatable bonds is 21. The highest BCUT2D eigenvalue weighted by Crippen LogP contribution is 2.21. The zero-order valence-electron chi connectivity index (χ0n) is 33.4. The molecule has 0 saturated heterocycles. The number of carbonyl (C=O) groups excluding carboxylic acids is 6. The lowest BCUT2D eigenvalue weighted by Gasteiger charge is -2.39. The molecule has 308 valence electrons. The molecular formula is C38H58BN7O10. The van der Waals surface area contributed by atoms with Gasteiger partial charge in [0.05, 0.1) is 30.3 Å². The van der Waals surface area contributed by atoms with Crippen LogP contribution >= 0.6 is 0 Å². The van der Waals surface area contributed by atoms with Gasteiger partial charge in [0.25, 0.3) is 5.91 Å². The van der Waals surface area contributed by atoms with Gasteiger partial charge in [-0.2, -0.15) is 5.06 Å². The predicted octanol–water partition coefficient (Wildman–Crippen LogP) is -0.126. The van der Waals surface area contributed by atoms with E-state index in [4.69, 9.17) is 5.73 Å². The third-order valence-corrected chi connectivity index (χ3v) is 9.46. The molecule has 0 bridgehead atoms. The lowest BCUT2D eigenvalue weighted by molar-refractivity contribution is -0.185. The van der Waals surface area contributed by atoms with Crippen molar-refractivity contribution in [3.63, 3.8) is 0 Å². The second-order valence-corrected chi connectivity index (χ2v) is 14.4. The number of carbonyl (C=O) groups is 6. The summed E-state index contributed by atoms with van der Waals surface area (Å²) in [5.41, 5.74) is 7.94. The molecule has 0 aliphatic carbocycles. The number of hydrogen-bond donors (Lipinski definition) is 9. The van der Waals surface area contributed by atoms with Gasteiger partial charge in [-0.05, 0) is 83.2 Å². The number of unbranched alkanes of at least 4 members (excludes halogenated alkanes) is 1. The van der Waals surface area contributed by atoms with Crippen molar-refractivity contribution < 1.29 is 49.1 Å². The first-order valence-electron chi connectivity index (χ1n) is 18.6. The number of aliphatic hydroxyl groups is 1. The van der Waals surface area contributed by atoms with Gasteiger partial charge in [-0.3, -0.25) is 28.8 Å². The van der Waals surface area contributed by atoms with Crippen LogP contribution in [0.2, 0.25) is 0 Å². The molecule has 0 spiro atoms. The summed E-state index contributed by atoms with van der Waals surface area (Å²) < 4.78 is 0. The molecule has 17 nitrogen and oxygen atoms in total. The molecule has 5 amide bonds. The van der Waals surface area contributed by atoms with Crippen molar-refractivity contribution in [2.75, 3.05) is 13.6 Å². The zero-order valence-corrected chi connectivity index (χ0v) is 33.4. The van der Waals surface area contributed by atoms with Crippen LogP contribution in [0.4, 0.5) is 0 Å². The number of likely N-dealkylation sites (N-methyl/N-ethyl adjacent to an activating group) is 1. The molecule has 10 N–H and O–H groups in total. The Labute approximate surface area is 328 Å². The average molecular weight is 784 g/mol. The molecule has 2 unspecified atom stereocenters. The number of ketones is 1. The zero-order chi connectivity index (χ0) is 42.5. The summed E-state index contributed by atoms with van der Waals surface area (Å²) in [6.07, 6.45) is 1.48. The van der Waals surface area contributed by atoms with Crippen molar-refractivity contribution in [1.29, 1.82) is 0 Å². The number of nitrogens with zero attached hydrogens (tertiary/aromatic N) is 2. The van der Waals surface area contributed by atoms with Crippen LogP contribution in [0.1, 0.15) is 83.7 Å². The highest BCUT2D eigenvalue weighted by Gasteiger charge is 2.39. The second kappa shape index (κ2) is 21.6. The van der Waals surface area contributed by atoms with E-state index in [0.29, 0.717) is 10.6 Å². The molecule has 0 heterocycles. The van der Waals surface area contributed by atoms with Gasteiger partial charge < -0.3 is 52.3 Å². The van der Waals surface area contributed by atoms with Gasteiger partial charge in [-0.15, -0.1) is 0 Å². The quantitative estimate of drug-likeness (QED) is 0.0456. The Morgan fingerprint density at radius 1 is 0.839 bits per heavy atom. The van der Waals surface area contributed by atoms with Crippen LogP contribution in [-0.2, 0) is 30.4 Å². The number of aryl methyl sites for hydroxylation is 1. The van der Waals surface area contributed by atoms with E-state index in [0.717, 1.165) is 35.3 Å². The Bertz CT molecular complexity index is 1660. The largest absolute Gasteiger partial charge is 0.472 e. The number of aliphatic hydroxyl groups excluding tert-OH is 1. The fourth-order valence-corrected chi connectivity index (χ4v) is 5.77. The van der Waals surface area contributed by atoms with E-state index < -0.39 is 90.9 Å². The topological polar surface area (TPSA) is 264 Å². The van der Waals surface area contributed by atoms with Crippen LogP contribution in [0.25, 0.3) is 11.1 Å². The second-order valence-electron chi connectivity index (χ2n) is 14.4. The summed E-state index contributed by atoms with van der Waals surface area (Å²) in [4.78, 5) is 78.2. The molecule has 2 rings (SSSR count). The van der Waals surface area contributed by atoms with Gasteiger partial charge in [-0.25, -0.2) is 0 Å². The van der Waals surface area contributed by atoms with Crippen LogP contribution in [0.3, 0.4) is 0 Å². The minimum Gasteiger partial charge on any atom is -0.426 e. The molecule has 0 aliphatic heterocycles. The molecule has 0 radical (unpaired) electrons. The van der Waals surface area contributed by atoms with Crippen LogP contribution in [0.15, 0.2) is 48.5 Å². The Morgan fingerprint density at radius 2 is 1.38 bits per heavy atom. The number of Topliss-reactive ketones (excluding diaryl/α,β-unsaturated/α-hetero) is 1. The number of benzene rings is 2. The molecule has 0 aliphatic rings. The monoisotopic (exact) mass is 783 g/mol. The predicted molar refractivity (Wildman–Crippen MR) is 209 cm³/mol. The van der Waals surface area contributed by atoms with Gasteiger partial charge in [0, 0.05) is 19.0 Å². The highest BCUT2D eigenvalue weighted by atomic mass is 16.5. The maximum atomic E-state index is 13.2. The van der Waals surface area contributed by atoms with E-state index in [9.17, 15) is 49.1 Å². The molecule has 0 fully saturated rings. The number of hydroxylamine groups is 2. The highest BCUT2D eigenvalue weighted by molar-refractivity contribution is 6.43. The average Bonchev–Trinajstić information content (AvgIpc) is 3.14. The Hall–Kier alpha value is -4.72. The van der Waals surface area contributed by atoms with Gasteiger partial charge >= 0.3 is 7.12 Å². The van der Waals surface area contributed by atoms with Crippen molar-refractivity contribution in [2.45, 2.75) is 116 Å². The first kappa shape index (κ1) is 47.4. The molecule has 0 aromatic heterocycles. The fraction of sp³-hybridized carbons (Fsp3) is 0.526. The van der Waals surface area contributed by atoms with Crippen molar-refractivity contribution in [3.05, 3.63) is 59.7 Å². The van der Waals surface area contributed by atoms with Crippen LogP contribution < -0.4 is 27.0 Å². The normalized spacial score (nSPS) is 15.5. The lowest BCUT2D eigenvalue weighted by atomic mass is 9.79. The lowest BCUT2D eigenvalue weighted by Crippen LogP contribution is -2.63. The molecule has 0 saturated carbocycles. The van der Waals surface area contributed by atoms with Gasteiger partial charge in [0.2, 0.25) is 23.6 Å². The third-order valence-electron chi connectivity index (χ3n) is 9.46. The van der Waals surface area contributed by atoms with Crippen molar-refractivity contribution >= 4 is 42.4 Å². The Morgan fingerprint density at radius 3 is 1.88 bits per heavy atom. The van der Waals surface area contributed by atoms with E-state index in [1.165, 1.54) is 54.2 Å². The van der Waals surface area contributed by atoms with Crippen molar-refractivity contribution in [2.24, 2.45) is 5.73 Å². The van der Waals surface area contributed by atoms with Gasteiger partial charge in [0.1, 0.15) is 18.1 Å².